The van der Waals surface area contributed by atoms with Crippen molar-refractivity contribution in [2.24, 2.45) is 0 Å². The highest BCUT2D eigenvalue weighted by atomic mass is 19.4. The van der Waals surface area contributed by atoms with Crippen molar-refractivity contribution < 1.29 is 31.9 Å². The number of benzene rings is 1. The standard InChI is InChI=1S/C13H13F4NO3/c1-3-21-10(19)7-18(2)12(20)8-5-4-6-9(11(8)14)13(15,16)17/h4-6H,3,7H2,1-2H3. The van der Waals surface area contributed by atoms with Gasteiger partial charge in [0, 0.05) is 7.05 Å². The molecule has 116 valence electrons. The molecule has 1 aromatic carbocycles. The average molecular weight is 307 g/mol. The number of likely N-dealkylation sites (N-methyl/N-ethyl adjacent to an activating group) is 1. The zero-order valence-corrected chi connectivity index (χ0v) is 11.3. The summed E-state index contributed by atoms with van der Waals surface area (Å²) in [6.45, 7) is 1.17. The zero-order valence-electron chi connectivity index (χ0n) is 11.3. The van der Waals surface area contributed by atoms with Gasteiger partial charge in [-0.25, -0.2) is 4.39 Å². The Morgan fingerprint density at radius 1 is 1.29 bits per heavy atom. The molecule has 0 radical (unpaired) electrons. The van der Waals surface area contributed by atoms with E-state index in [0.29, 0.717) is 6.07 Å². The summed E-state index contributed by atoms with van der Waals surface area (Å²) in [5.74, 6) is -3.43. The van der Waals surface area contributed by atoms with Gasteiger partial charge in [-0.1, -0.05) is 6.07 Å². The minimum absolute atomic E-state index is 0.0960. The predicted molar refractivity (Wildman–Crippen MR) is 65.0 cm³/mol. The summed E-state index contributed by atoms with van der Waals surface area (Å²) in [5.41, 5.74) is -2.28. The Kier molecular flexibility index (Phi) is 5.28. The van der Waals surface area contributed by atoms with Gasteiger partial charge in [0.25, 0.3) is 5.91 Å². The molecule has 0 N–H and O–H groups in total. The highest BCUT2D eigenvalue weighted by Crippen LogP contribution is 2.32. The lowest BCUT2D eigenvalue weighted by Crippen LogP contribution is -2.33. The van der Waals surface area contributed by atoms with Crippen molar-refractivity contribution in [3.8, 4) is 0 Å². The van der Waals surface area contributed by atoms with Gasteiger partial charge in [0.05, 0.1) is 17.7 Å². The second-order valence-electron chi connectivity index (χ2n) is 4.13. The molecule has 0 saturated heterocycles. The molecule has 4 nitrogen and oxygen atoms in total. The maximum atomic E-state index is 13.8. The number of rotatable bonds is 4. The number of amides is 1. The van der Waals surface area contributed by atoms with Gasteiger partial charge in [0.15, 0.2) is 0 Å². The number of esters is 1. The fraction of sp³-hybridized carbons (Fsp3) is 0.385. The summed E-state index contributed by atoms with van der Waals surface area (Å²) < 4.78 is 56.1. The molecule has 0 aliphatic rings. The molecule has 0 aliphatic heterocycles. The van der Waals surface area contributed by atoms with Crippen LogP contribution in [0.5, 0.6) is 0 Å². The third-order valence-electron chi connectivity index (χ3n) is 2.55. The van der Waals surface area contributed by atoms with Crippen molar-refractivity contribution in [1.82, 2.24) is 4.90 Å². The number of halogens is 4. The normalized spacial score (nSPS) is 11.1. The molecular weight excluding hydrogens is 294 g/mol. The van der Waals surface area contributed by atoms with E-state index in [4.69, 9.17) is 0 Å². The molecular formula is C13H13F4NO3. The lowest BCUT2D eigenvalue weighted by Gasteiger charge is -2.17. The highest BCUT2D eigenvalue weighted by molar-refractivity contribution is 5.96. The first-order valence-corrected chi connectivity index (χ1v) is 5.95. The van der Waals surface area contributed by atoms with Gasteiger partial charge in [0.1, 0.15) is 12.4 Å². The van der Waals surface area contributed by atoms with Gasteiger partial charge < -0.3 is 9.64 Å². The first-order valence-electron chi connectivity index (χ1n) is 5.95. The van der Waals surface area contributed by atoms with E-state index in [1.165, 1.54) is 7.05 Å². The van der Waals surface area contributed by atoms with Crippen molar-refractivity contribution in [3.63, 3.8) is 0 Å². The molecule has 0 heterocycles. The molecule has 0 bridgehead atoms. The average Bonchev–Trinajstić information content (AvgIpc) is 2.37. The van der Waals surface area contributed by atoms with Crippen LogP contribution < -0.4 is 0 Å². The third kappa shape index (κ3) is 4.17. The number of nitrogens with zero attached hydrogens (tertiary/aromatic N) is 1. The van der Waals surface area contributed by atoms with Crippen LogP contribution in [0, 0.1) is 5.82 Å². The molecule has 0 fully saturated rings. The molecule has 0 spiro atoms. The van der Waals surface area contributed by atoms with Crippen LogP contribution in [-0.4, -0.2) is 37.0 Å². The monoisotopic (exact) mass is 307 g/mol. The number of carbonyl (C=O) groups excluding carboxylic acids is 2. The summed E-state index contributed by atoms with van der Waals surface area (Å²) in [7, 11) is 1.17. The SMILES string of the molecule is CCOC(=O)CN(C)C(=O)c1cccc(C(F)(F)F)c1F. The second kappa shape index (κ2) is 6.55. The Bertz CT molecular complexity index is 543. The van der Waals surface area contributed by atoms with E-state index < -0.39 is 41.5 Å². The maximum Gasteiger partial charge on any atom is 0.419 e. The summed E-state index contributed by atoms with van der Waals surface area (Å²) in [5, 5.41) is 0. The molecule has 0 aromatic heterocycles. The van der Waals surface area contributed by atoms with E-state index in [1.54, 1.807) is 6.92 Å². The first-order chi connectivity index (χ1) is 9.68. The number of carbonyl (C=O) groups is 2. The van der Waals surface area contributed by atoms with Crippen LogP contribution in [-0.2, 0) is 15.7 Å². The van der Waals surface area contributed by atoms with E-state index in [1.807, 2.05) is 0 Å². The first kappa shape index (κ1) is 16.9. The lowest BCUT2D eigenvalue weighted by atomic mass is 10.1. The molecule has 1 rings (SSSR count). The summed E-state index contributed by atoms with van der Waals surface area (Å²) in [6, 6.07) is 2.39. The van der Waals surface area contributed by atoms with Crippen molar-refractivity contribution in [1.29, 1.82) is 0 Å². The van der Waals surface area contributed by atoms with E-state index in [-0.39, 0.29) is 6.61 Å². The van der Waals surface area contributed by atoms with Gasteiger partial charge in [-0.15, -0.1) is 0 Å². The van der Waals surface area contributed by atoms with Crippen LogP contribution in [0.15, 0.2) is 18.2 Å². The van der Waals surface area contributed by atoms with E-state index in [9.17, 15) is 27.2 Å². The molecule has 1 aromatic rings. The minimum atomic E-state index is -4.90. The number of alkyl halides is 3. The topological polar surface area (TPSA) is 46.6 Å². The fourth-order valence-corrected chi connectivity index (χ4v) is 1.59. The number of ether oxygens (including phenoxy) is 1. The van der Waals surface area contributed by atoms with Crippen LogP contribution in [0.25, 0.3) is 0 Å². The van der Waals surface area contributed by atoms with Crippen molar-refractivity contribution in [3.05, 3.63) is 35.1 Å². The van der Waals surface area contributed by atoms with E-state index in [2.05, 4.69) is 4.74 Å². The fourth-order valence-electron chi connectivity index (χ4n) is 1.59. The smallest absolute Gasteiger partial charge is 0.419 e. The third-order valence-corrected chi connectivity index (χ3v) is 2.55. The predicted octanol–water partition coefficient (Wildman–Crippen LogP) is 2.48. The van der Waals surface area contributed by atoms with Crippen LogP contribution in [0.1, 0.15) is 22.8 Å². The Morgan fingerprint density at radius 3 is 2.43 bits per heavy atom. The number of hydrogen-bond donors (Lipinski definition) is 0. The Labute approximate surface area is 118 Å². The Morgan fingerprint density at radius 2 is 1.90 bits per heavy atom. The zero-order chi connectivity index (χ0) is 16.2. The largest absolute Gasteiger partial charge is 0.465 e. The quantitative estimate of drug-likeness (QED) is 0.634. The van der Waals surface area contributed by atoms with Gasteiger partial charge >= 0.3 is 12.1 Å². The lowest BCUT2D eigenvalue weighted by molar-refractivity contribution is -0.143. The van der Waals surface area contributed by atoms with Gasteiger partial charge in [-0.3, -0.25) is 9.59 Å². The Hall–Kier alpha value is -2.12. The Balaban J connectivity index is 3.00. The van der Waals surface area contributed by atoms with E-state index in [0.717, 1.165) is 17.0 Å². The molecule has 0 saturated carbocycles. The molecule has 1 amide bonds. The van der Waals surface area contributed by atoms with Crippen molar-refractivity contribution in [2.75, 3.05) is 20.2 Å². The van der Waals surface area contributed by atoms with Crippen LogP contribution in [0.3, 0.4) is 0 Å². The summed E-state index contributed by atoms with van der Waals surface area (Å²) >= 11 is 0. The second-order valence-corrected chi connectivity index (χ2v) is 4.13. The summed E-state index contributed by atoms with van der Waals surface area (Å²) in [4.78, 5) is 23.9. The molecule has 0 unspecified atom stereocenters. The molecule has 8 heteroatoms. The summed E-state index contributed by atoms with van der Waals surface area (Å²) in [6.07, 6.45) is -4.90. The number of hydrogen-bond acceptors (Lipinski definition) is 3. The maximum absolute atomic E-state index is 13.8. The van der Waals surface area contributed by atoms with Crippen LogP contribution in [0.4, 0.5) is 17.6 Å². The van der Waals surface area contributed by atoms with Crippen LogP contribution >= 0.6 is 0 Å². The molecule has 21 heavy (non-hydrogen) atoms. The van der Waals surface area contributed by atoms with Crippen LogP contribution in [0.2, 0.25) is 0 Å². The van der Waals surface area contributed by atoms with Gasteiger partial charge in [-0.2, -0.15) is 13.2 Å². The highest BCUT2D eigenvalue weighted by Gasteiger charge is 2.36. The van der Waals surface area contributed by atoms with E-state index >= 15 is 0 Å². The van der Waals surface area contributed by atoms with Gasteiger partial charge in [-0.05, 0) is 19.1 Å². The minimum Gasteiger partial charge on any atom is -0.465 e. The molecule has 0 atom stereocenters. The van der Waals surface area contributed by atoms with Crippen molar-refractivity contribution in [2.45, 2.75) is 13.1 Å². The van der Waals surface area contributed by atoms with Crippen molar-refractivity contribution >= 4 is 11.9 Å². The molecule has 0 aliphatic carbocycles. The van der Waals surface area contributed by atoms with Gasteiger partial charge in [0.2, 0.25) is 0 Å².